The molecule has 3 rings (SSSR count). The van der Waals surface area contributed by atoms with Gasteiger partial charge in [0, 0.05) is 10.9 Å². The number of H-pyrrole nitrogens is 1. The number of fused-ring (bicyclic) bond motifs is 1. The fourth-order valence-corrected chi connectivity index (χ4v) is 2.49. The molecule has 2 nitrogen and oxygen atoms in total. The summed E-state index contributed by atoms with van der Waals surface area (Å²) in [6.45, 7) is 4.09. The van der Waals surface area contributed by atoms with Gasteiger partial charge in [0.2, 0.25) is 0 Å². The zero-order valence-corrected chi connectivity index (χ0v) is 11.1. The third-order valence-electron chi connectivity index (χ3n) is 3.67. The number of aliphatic hydroxyl groups is 1. The minimum Gasteiger partial charge on any atom is -0.382 e. The highest BCUT2D eigenvalue weighted by molar-refractivity contribution is 5.84. The van der Waals surface area contributed by atoms with Crippen molar-refractivity contribution in [1.29, 1.82) is 0 Å². The van der Waals surface area contributed by atoms with E-state index in [9.17, 15) is 5.11 Å². The van der Waals surface area contributed by atoms with E-state index in [-0.39, 0.29) is 0 Å². The summed E-state index contributed by atoms with van der Waals surface area (Å²) in [7, 11) is 0. The van der Waals surface area contributed by atoms with Gasteiger partial charge in [-0.2, -0.15) is 0 Å². The Kier molecular flexibility index (Phi) is 2.88. The number of aromatic amines is 1. The molecule has 0 aliphatic rings. The maximum atomic E-state index is 10.5. The summed E-state index contributed by atoms with van der Waals surface area (Å²) in [5.41, 5.74) is 5.18. The zero-order valence-electron chi connectivity index (χ0n) is 11.1. The normalized spacial score (nSPS) is 12.8. The quantitative estimate of drug-likeness (QED) is 0.712. The number of rotatable bonds is 2. The van der Waals surface area contributed by atoms with E-state index in [0.29, 0.717) is 0 Å². The maximum absolute atomic E-state index is 10.5. The molecule has 0 aliphatic heterocycles. The van der Waals surface area contributed by atoms with Crippen molar-refractivity contribution in [2.75, 3.05) is 0 Å². The average molecular weight is 251 g/mol. The van der Waals surface area contributed by atoms with Gasteiger partial charge in [-0.3, -0.25) is 0 Å². The predicted molar refractivity (Wildman–Crippen MR) is 78.3 cm³/mol. The third-order valence-corrected chi connectivity index (χ3v) is 3.67. The van der Waals surface area contributed by atoms with Crippen LogP contribution >= 0.6 is 0 Å². The standard InChI is InChI=1S/C17H17NO/c1-11-7-9-13(10-8-11)17(19)16-12(2)14-5-3-4-6-15(14)18-16/h3-10,17-19H,1-2H3. The van der Waals surface area contributed by atoms with Gasteiger partial charge >= 0.3 is 0 Å². The molecule has 0 amide bonds. The van der Waals surface area contributed by atoms with Crippen molar-refractivity contribution in [1.82, 2.24) is 4.98 Å². The van der Waals surface area contributed by atoms with Crippen molar-refractivity contribution < 1.29 is 5.11 Å². The molecule has 2 N–H and O–H groups in total. The minimum absolute atomic E-state index is 0.604. The highest BCUT2D eigenvalue weighted by atomic mass is 16.3. The zero-order chi connectivity index (χ0) is 13.4. The van der Waals surface area contributed by atoms with Gasteiger partial charge in [-0.05, 0) is 31.0 Å². The second kappa shape index (κ2) is 4.56. The first kappa shape index (κ1) is 12.0. The summed E-state index contributed by atoms with van der Waals surface area (Å²) in [5.74, 6) is 0. The first-order chi connectivity index (χ1) is 9.16. The lowest BCUT2D eigenvalue weighted by Gasteiger charge is -2.11. The molecule has 96 valence electrons. The van der Waals surface area contributed by atoms with Crippen LogP contribution in [0.25, 0.3) is 10.9 Å². The molecule has 0 saturated heterocycles. The van der Waals surface area contributed by atoms with Gasteiger partial charge in [0.25, 0.3) is 0 Å². The molecule has 1 atom stereocenters. The van der Waals surface area contributed by atoms with Crippen molar-refractivity contribution in [3.05, 3.63) is 70.9 Å². The fraction of sp³-hybridized carbons (Fsp3) is 0.176. The van der Waals surface area contributed by atoms with E-state index in [0.717, 1.165) is 22.3 Å². The Labute approximate surface area is 112 Å². The summed E-state index contributed by atoms with van der Waals surface area (Å²) in [4.78, 5) is 3.33. The van der Waals surface area contributed by atoms with E-state index < -0.39 is 6.10 Å². The van der Waals surface area contributed by atoms with Crippen molar-refractivity contribution in [2.24, 2.45) is 0 Å². The van der Waals surface area contributed by atoms with Crippen LogP contribution in [0, 0.1) is 13.8 Å². The molecule has 0 aliphatic carbocycles. The lowest BCUT2D eigenvalue weighted by molar-refractivity contribution is 0.215. The summed E-state index contributed by atoms with van der Waals surface area (Å²) in [5, 5.41) is 11.7. The number of hydrogen-bond acceptors (Lipinski definition) is 1. The first-order valence-electron chi connectivity index (χ1n) is 6.48. The van der Waals surface area contributed by atoms with Crippen LogP contribution in [0.2, 0.25) is 0 Å². The maximum Gasteiger partial charge on any atom is 0.119 e. The molecule has 1 unspecified atom stereocenters. The fourth-order valence-electron chi connectivity index (χ4n) is 2.49. The molecule has 2 aromatic carbocycles. The van der Waals surface area contributed by atoms with Gasteiger partial charge in [-0.25, -0.2) is 0 Å². The van der Waals surface area contributed by atoms with E-state index in [1.54, 1.807) is 0 Å². The van der Waals surface area contributed by atoms with Crippen LogP contribution in [0.4, 0.5) is 0 Å². The number of aryl methyl sites for hydroxylation is 2. The Morgan fingerprint density at radius 1 is 0.947 bits per heavy atom. The number of nitrogens with one attached hydrogen (secondary N) is 1. The topological polar surface area (TPSA) is 36.0 Å². The molecule has 1 aromatic heterocycles. The van der Waals surface area contributed by atoms with Gasteiger partial charge in [-0.1, -0.05) is 48.0 Å². The Balaban J connectivity index is 2.08. The molecule has 3 aromatic rings. The average Bonchev–Trinajstić information content (AvgIpc) is 2.77. The second-order valence-electron chi connectivity index (χ2n) is 5.02. The highest BCUT2D eigenvalue weighted by Crippen LogP contribution is 2.29. The molecule has 2 heteroatoms. The minimum atomic E-state index is -0.604. The molecule has 19 heavy (non-hydrogen) atoms. The van der Waals surface area contributed by atoms with Crippen molar-refractivity contribution in [2.45, 2.75) is 20.0 Å². The molecule has 0 spiro atoms. The molecule has 0 radical (unpaired) electrons. The lowest BCUT2D eigenvalue weighted by atomic mass is 10.0. The van der Waals surface area contributed by atoms with Crippen LogP contribution in [-0.2, 0) is 0 Å². The third kappa shape index (κ3) is 2.04. The molecule has 1 heterocycles. The number of hydrogen-bond donors (Lipinski definition) is 2. The van der Waals surface area contributed by atoms with Crippen LogP contribution in [0.15, 0.2) is 48.5 Å². The largest absolute Gasteiger partial charge is 0.382 e. The van der Waals surface area contributed by atoms with E-state index >= 15 is 0 Å². The first-order valence-corrected chi connectivity index (χ1v) is 6.48. The second-order valence-corrected chi connectivity index (χ2v) is 5.02. The SMILES string of the molecule is Cc1ccc(C(O)c2[nH]c3ccccc3c2C)cc1. The Morgan fingerprint density at radius 2 is 1.63 bits per heavy atom. The smallest absolute Gasteiger partial charge is 0.119 e. The predicted octanol–water partition coefficient (Wildman–Crippen LogP) is 3.87. The molecular formula is C17H17NO. The van der Waals surface area contributed by atoms with E-state index in [1.807, 2.05) is 56.3 Å². The van der Waals surface area contributed by atoms with Crippen LogP contribution in [0.1, 0.15) is 28.5 Å². The number of para-hydroxylation sites is 1. The van der Waals surface area contributed by atoms with Crippen molar-refractivity contribution in [3.8, 4) is 0 Å². The number of aromatic nitrogens is 1. The Morgan fingerprint density at radius 3 is 2.32 bits per heavy atom. The van der Waals surface area contributed by atoms with Gasteiger partial charge in [0.1, 0.15) is 6.10 Å². The molecule has 0 bridgehead atoms. The summed E-state index contributed by atoms with van der Waals surface area (Å²) < 4.78 is 0. The van der Waals surface area contributed by atoms with Crippen LogP contribution in [0.3, 0.4) is 0 Å². The van der Waals surface area contributed by atoms with E-state index in [1.165, 1.54) is 10.9 Å². The number of benzene rings is 2. The van der Waals surface area contributed by atoms with E-state index in [4.69, 9.17) is 0 Å². The van der Waals surface area contributed by atoms with Crippen LogP contribution < -0.4 is 0 Å². The van der Waals surface area contributed by atoms with Gasteiger partial charge < -0.3 is 10.1 Å². The summed E-state index contributed by atoms with van der Waals surface area (Å²) in [6.07, 6.45) is -0.604. The van der Waals surface area contributed by atoms with Crippen LogP contribution in [-0.4, -0.2) is 10.1 Å². The number of aliphatic hydroxyl groups excluding tert-OH is 1. The Hall–Kier alpha value is -2.06. The van der Waals surface area contributed by atoms with Gasteiger partial charge in [0.05, 0.1) is 5.69 Å². The Bertz CT molecular complexity index is 710. The van der Waals surface area contributed by atoms with Crippen molar-refractivity contribution >= 4 is 10.9 Å². The van der Waals surface area contributed by atoms with Gasteiger partial charge in [0.15, 0.2) is 0 Å². The molecule has 0 saturated carbocycles. The van der Waals surface area contributed by atoms with Crippen molar-refractivity contribution in [3.63, 3.8) is 0 Å². The van der Waals surface area contributed by atoms with Gasteiger partial charge in [-0.15, -0.1) is 0 Å². The molecular weight excluding hydrogens is 234 g/mol. The monoisotopic (exact) mass is 251 g/mol. The lowest BCUT2D eigenvalue weighted by Crippen LogP contribution is -2.01. The van der Waals surface area contributed by atoms with E-state index in [2.05, 4.69) is 11.1 Å². The van der Waals surface area contributed by atoms with Crippen LogP contribution in [0.5, 0.6) is 0 Å². The summed E-state index contributed by atoms with van der Waals surface area (Å²) in [6, 6.07) is 16.1. The highest BCUT2D eigenvalue weighted by Gasteiger charge is 2.16. The summed E-state index contributed by atoms with van der Waals surface area (Å²) >= 11 is 0. The molecule has 0 fully saturated rings.